The van der Waals surface area contributed by atoms with Crippen molar-refractivity contribution in [3.63, 3.8) is 0 Å². The van der Waals surface area contributed by atoms with Crippen LogP contribution in [-0.2, 0) is 5.54 Å². The summed E-state index contributed by atoms with van der Waals surface area (Å²) in [7, 11) is 0. The van der Waals surface area contributed by atoms with Gasteiger partial charge in [0.2, 0.25) is 0 Å². The molecule has 0 spiro atoms. The van der Waals surface area contributed by atoms with E-state index in [1.165, 1.54) is 4.70 Å². The van der Waals surface area contributed by atoms with Gasteiger partial charge in [0, 0.05) is 6.08 Å². The van der Waals surface area contributed by atoms with Gasteiger partial charge in [-0.2, -0.15) is 4.98 Å². The summed E-state index contributed by atoms with van der Waals surface area (Å²) in [6.45, 7) is 0. The monoisotopic (exact) mass is 312 g/mol. The molecule has 22 heavy (non-hydrogen) atoms. The third kappa shape index (κ3) is 2.44. The quantitative estimate of drug-likeness (QED) is 0.800. The van der Waals surface area contributed by atoms with Crippen molar-refractivity contribution in [2.75, 3.05) is 0 Å². The van der Waals surface area contributed by atoms with Crippen LogP contribution in [0.25, 0.3) is 22.4 Å². The Labute approximate surface area is 131 Å². The number of fused-ring (bicyclic) bond motifs is 1. The average molecular weight is 312 g/mol. The van der Waals surface area contributed by atoms with E-state index >= 15 is 0 Å². The Morgan fingerprint density at radius 3 is 2.77 bits per heavy atom. The summed E-state index contributed by atoms with van der Waals surface area (Å²) in [5.41, 5.74) is 6.93. The minimum Gasteiger partial charge on any atom is -0.335 e. The molecule has 1 aliphatic carbocycles. The molecule has 1 aliphatic rings. The maximum atomic E-state index is 6.33. The SMILES string of the molecule is NC1(c2noc(/C=C/c3nc4ccccc4s3)n2)CCCC1. The highest BCUT2D eigenvalue weighted by Gasteiger charge is 2.35. The number of hydrogen-bond acceptors (Lipinski definition) is 6. The first-order valence-corrected chi connectivity index (χ1v) is 8.21. The van der Waals surface area contributed by atoms with E-state index in [2.05, 4.69) is 21.2 Å². The summed E-state index contributed by atoms with van der Waals surface area (Å²) < 4.78 is 6.45. The van der Waals surface area contributed by atoms with Crippen molar-refractivity contribution in [3.8, 4) is 0 Å². The molecule has 3 aromatic rings. The Morgan fingerprint density at radius 2 is 1.95 bits per heavy atom. The summed E-state index contributed by atoms with van der Waals surface area (Å²) in [5.74, 6) is 1.10. The lowest BCUT2D eigenvalue weighted by Crippen LogP contribution is -2.34. The molecule has 0 amide bonds. The van der Waals surface area contributed by atoms with Crippen molar-refractivity contribution in [1.82, 2.24) is 15.1 Å². The van der Waals surface area contributed by atoms with Crippen molar-refractivity contribution in [3.05, 3.63) is 41.0 Å². The van der Waals surface area contributed by atoms with Crippen LogP contribution in [0.15, 0.2) is 28.8 Å². The maximum absolute atomic E-state index is 6.33. The summed E-state index contributed by atoms with van der Waals surface area (Å²) in [6, 6.07) is 8.07. The number of aromatic nitrogens is 3. The third-order valence-corrected chi connectivity index (χ3v) is 5.06. The molecular formula is C16H16N4OS. The zero-order chi connectivity index (χ0) is 15.0. The van der Waals surface area contributed by atoms with E-state index in [1.807, 2.05) is 24.3 Å². The maximum Gasteiger partial charge on any atom is 0.250 e. The van der Waals surface area contributed by atoms with Gasteiger partial charge in [-0.1, -0.05) is 30.1 Å². The lowest BCUT2D eigenvalue weighted by Gasteiger charge is -2.17. The molecule has 6 heteroatoms. The first-order valence-electron chi connectivity index (χ1n) is 7.40. The van der Waals surface area contributed by atoms with Crippen LogP contribution < -0.4 is 5.73 Å². The van der Waals surface area contributed by atoms with Crippen molar-refractivity contribution < 1.29 is 4.52 Å². The number of nitrogens with zero attached hydrogens (tertiary/aromatic N) is 3. The Morgan fingerprint density at radius 1 is 1.14 bits per heavy atom. The van der Waals surface area contributed by atoms with Crippen LogP contribution in [0.3, 0.4) is 0 Å². The van der Waals surface area contributed by atoms with Crippen LogP contribution in [0.5, 0.6) is 0 Å². The number of hydrogen-bond donors (Lipinski definition) is 1. The van der Waals surface area contributed by atoms with E-state index in [0.29, 0.717) is 11.7 Å². The standard InChI is InChI=1S/C16H16N4OS/c17-16(9-3-4-10-16)15-19-13(21-20-15)7-8-14-18-11-5-1-2-6-12(11)22-14/h1-2,5-8H,3-4,9-10,17H2/b8-7+. The Hall–Kier alpha value is -2.05. The van der Waals surface area contributed by atoms with E-state index in [-0.39, 0.29) is 0 Å². The van der Waals surface area contributed by atoms with Crippen LogP contribution in [0.4, 0.5) is 0 Å². The predicted octanol–water partition coefficient (Wildman–Crippen LogP) is 3.58. The molecule has 0 bridgehead atoms. The highest BCUT2D eigenvalue weighted by atomic mass is 32.1. The molecule has 4 rings (SSSR count). The molecule has 1 aromatic carbocycles. The molecule has 0 saturated heterocycles. The Kier molecular flexibility index (Phi) is 3.28. The predicted molar refractivity (Wildman–Crippen MR) is 87.2 cm³/mol. The van der Waals surface area contributed by atoms with Gasteiger partial charge in [0.05, 0.1) is 15.8 Å². The molecule has 2 N–H and O–H groups in total. The molecular weight excluding hydrogens is 296 g/mol. The molecule has 0 atom stereocenters. The van der Waals surface area contributed by atoms with Gasteiger partial charge in [0.1, 0.15) is 5.01 Å². The Balaban J connectivity index is 1.57. The number of nitrogens with two attached hydrogens (primary N) is 1. The van der Waals surface area contributed by atoms with Crippen LogP contribution in [0.1, 0.15) is 42.4 Å². The number of rotatable bonds is 3. The fourth-order valence-electron chi connectivity index (χ4n) is 2.84. The van der Waals surface area contributed by atoms with Crippen molar-refractivity contribution in [2.24, 2.45) is 5.73 Å². The van der Waals surface area contributed by atoms with Gasteiger partial charge in [0.25, 0.3) is 5.89 Å². The highest BCUT2D eigenvalue weighted by Crippen LogP contribution is 2.34. The van der Waals surface area contributed by atoms with E-state index in [9.17, 15) is 0 Å². The smallest absolute Gasteiger partial charge is 0.250 e. The average Bonchev–Trinajstić information content (AvgIpc) is 3.24. The number of thiazole rings is 1. The molecule has 5 nitrogen and oxygen atoms in total. The second kappa shape index (κ2) is 5.30. The first-order chi connectivity index (χ1) is 10.7. The summed E-state index contributed by atoms with van der Waals surface area (Å²) >= 11 is 1.64. The molecule has 112 valence electrons. The molecule has 2 heterocycles. The lowest BCUT2D eigenvalue weighted by atomic mass is 9.99. The van der Waals surface area contributed by atoms with Crippen LogP contribution in [-0.4, -0.2) is 15.1 Å². The first kappa shape index (κ1) is 13.6. The third-order valence-electron chi connectivity index (χ3n) is 4.06. The van der Waals surface area contributed by atoms with E-state index in [4.69, 9.17) is 10.3 Å². The second-order valence-corrected chi connectivity index (χ2v) is 6.73. The summed E-state index contributed by atoms with van der Waals surface area (Å²) in [6.07, 6.45) is 7.80. The lowest BCUT2D eigenvalue weighted by molar-refractivity contribution is 0.364. The topological polar surface area (TPSA) is 77.8 Å². The van der Waals surface area contributed by atoms with Gasteiger partial charge in [-0.3, -0.25) is 0 Å². The minimum absolute atomic E-state index is 0.411. The molecule has 0 unspecified atom stereocenters. The molecule has 1 fully saturated rings. The number of para-hydroxylation sites is 1. The van der Waals surface area contributed by atoms with Gasteiger partial charge >= 0.3 is 0 Å². The van der Waals surface area contributed by atoms with Crippen LogP contribution in [0, 0.1) is 0 Å². The molecule has 1 saturated carbocycles. The molecule has 2 aromatic heterocycles. The fourth-order valence-corrected chi connectivity index (χ4v) is 3.71. The second-order valence-electron chi connectivity index (χ2n) is 5.67. The van der Waals surface area contributed by atoms with Crippen molar-refractivity contribution >= 4 is 33.7 Å². The normalized spacial score (nSPS) is 17.7. The van der Waals surface area contributed by atoms with Gasteiger partial charge in [-0.15, -0.1) is 11.3 Å². The minimum atomic E-state index is -0.411. The summed E-state index contributed by atoms with van der Waals surface area (Å²) in [4.78, 5) is 8.96. The Bertz CT molecular complexity index is 796. The van der Waals surface area contributed by atoms with Gasteiger partial charge in [0.15, 0.2) is 5.82 Å². The van der Waals surface area contributed by atoms with E-state index in [1.54, 1.807) is 17.4 Å². The van der Waals surface area contributed by atoms with Gasteiger partial charge < -0.3 is 10.3 Å². The highest BCUT2D eigenvalue weighted by molar-refractivity contribution is 7.19. The summed E-state index contributed by atoms with van der Waals surface area (Å²) in [5, 5.41) is 4.97. The van der Waals surface area contributed by atoms with Crippen LogP contribution >= 0.6 is 11.3 Å². The zero-order valence-electron chi connectivity index (χ0n) is 12.0. The number of benzene rings is 1. The van der Waals surface area contributed by atoms with Gasteiger partial charge in [-0.05, 0) is 31.1 Å². The van der Waals surface area contributed by atoms with E-state index in [0.717, 1.165) is 36.2 Å². The van der Waals surface area contributed by atoms with E-state index < -0.39 is 5.54 Å². The zero-order valence-corrected chi connectivity index (χ0v) is 12.8. The largest absolute Gasteiger partial charge is 0.335 e. The molecule has 0 radical (unpaired) electrons. The molecule has 0 aliphatic heterocycles. The van der Waals surface area contributed by atoms with Crippen molar-refractivity contribution in [2.45, 2.75) is 31.2 Å². The van der Waals surface area contributed by atoms with Crippen LogP contribution in [0.2, 0.25) is 0 Å². The fraction of sp³-hybridized carbons (Fsp3) is 0.312. The van der Waals surface area contributed by atoms with Crippen molar-refractivity contribution in [1.29, 1.82) is 0 Å². The van der Waals surface area contributed by atoms with Gasteiger partial charge in [-0.25, -0.2) is 4.98 Å².